The fourth-order valence-electron chi connectivity index (χ4n) is 2.06. The molecule has 0 aromatic heterocycles. The van der Waals surface area contributed by atoms with Crippen LogP contribution in [0.15, 0.2) is 42.5 Å². The molecule has 0 fully saturated rings. The van der Waals surface area contributed by atoms with Crippen molar-refractivity contribution in [1.29, 1.82) is 0 Å². The van der Waals surface area contributed by atoms with Crippen LogP contribution >= 0.6 is 0 Å². The average Bonchev–Trinajstić information content (AvgIpc) is 2.41. The molecule has 2 rings (SSSR count). The molecule has 0 aliphatic carbocycles. The number of hydrogen-bond acceptors (Lipinski definition) is 3. The molecule has 2 aromatic carbocycles. The molecule has 0 aliphatic heterocycles. The van der Waals surface area contributed by atoms with E-state index in [9.17, 15) is 9.50 Å². The summed E-state index contributed by atoms with van der Waals surface area (Å²) in [5.41, 5.74) is 0.960. The Balaban J connectivity index is 2.38. The van der Waals surface area contributed by atoms with Gasteiger partial charge < -0.3 is 14.9 Å². The highest BCUT2D eigenvalue weighted by molar-refractivity contribution is 5.42. The van der Waals surface area contributed by atoms with E-state index in [1.54, 1.807) is 18.2 Å². The number of rotatable bonds is 5. The number of aliphatic hydroxyl groups is 2. The lowest BCUT2D eigenvalue weighted by Gasteiger charge is -2.15. The summed E-state index contributed by atoms with van der Waals surface area (Å²) in [7, 11) is 0. The van der Waals surface area contributed by atoms with E-state index in [1.807, 2.05) is 12.1 Å². The van der Waals surface area contributed by atoms with Gasteiger partial charge in [-0.15, -0.1) is 0 Å². The Morgan fingerprint density at radius 1 is 1.10 bits per heavy atom. The topological polar surface area (TPSA) is 49.7 Å². The first kappa shape index (κ1) is 14.5. The fourth-order valence-corrected chi connectivity index (χ4v) is 2.06. The number of halogens is 1. The Kier molecular flexibility index (Phi) is 4.71. The lowest BCUT2D eigenvalue weighted by Crippen LogP contribution is -2.01. The summed E-state index contributed by atoms with van der Waals surface area (Å²) in [5.74, 6) is 0.330. The minimum absolute atomic E-state index is 0.00673. The largest absolute Gasteiger partial charge is 0.457 e. The van der Waals surface area contributed by atoms with Crippen LogP contribution < -0.4 is 4.74 Å². The molecule has 0 unspecified atom stereocenters. The summed E-state index contributed by atoms with van der Waals surface area (Å²) in [6, 6.07) is 11.7. The third-order valence-electron chi connectivity index (χ3n) is 3.00. The van der Waals surface area contributed by atoms with E-state index < -0.39 is 11.9 Å². The summed E-state index contributed by atoms with van der Waals surface area (Å²) in [4.78, 5) is 0. The molecular weight excluding hydrogens is 259 g/mol. The number of hydrogen-bond donors (Lipinski definition) is 2. The van der Waals surface area contributed by atoms with Crippen LogP contribution in [0.4, 0.5) is 4.39 Å². The van der Waals surface area contributed by atoms with E-state index >= 15 is 0 Å². The summed E-state index contributed by atoms with van der Waals surface area (Å²) < 4.78 is 19.5. The number of aliphatic hydroxyl groups excluding tert-OH is 2. The molecule has 2 N–H and O–H groups in total. The monoisotopic (exact) mass is 276 g/mol. The predicted octanol–water partition coefficient (Wildman–Crippen LogP) is 3.21. The second-order valence-corrected chi connectivity index (χ2v) is 4.51. The van der Waals surface area contributed by atoms with Gasteiger partial charge >= 0.3 is 0 Å². The normalized spacial score (nSPS) is 12.2. The maximum atomic E-state index is 13.8. The van der Waals surface area contributed by atoms with Gasteiger partial charge in [0.2, 0.25) is 0 Å². The molecule has 0 bridgehead atoms. The van der Waals surface area contributed by atoms with Gasteiger partial charge in [0.25, 0.3) is 0 Å². The second kappa shape index (κ2) is 6.50. The summed E-state index contributed by atoms with van der Waals surface area (Å²) in [6.07, 6.45) is -0.508. The summed E-state index contributed by atoms with van der Waals surface area (Å²) >= 11 is 0. The Morgan fingerprint density at radius 3 is 2.50 bits per heavy atom. The van der Waals surface area contributed by atoms with E-state index in [4.69, 9.17) is 9.84 Å². The predicted molar refractivity (Wildman–Crippen MR) is 74.3 cm³/mol. The van der Waals surface area contributed by atoms with Gasteiger partial charge in [-0.25, -0.2) is 4.39 Å². The van der Waals surface area contributed by atoms with Gasteiger partial charge in [-0.05, 0) is 37.1 Å². The van der Waals surface area contributed by atoms with Crippen molar-refractivity contribution in [3.63, 3.8) is 0 Å². The molecule has 0 saturated carbocycles. The molecule has 0 radical (unpaired) electrons. The Morgan fingerprint density at radius 2 is 1.80 bits per heavy atom. The SMILES string of the molecule is C[C@@H](O)c1c(F)cccc1Oc1ccccc1CCO. The number of para-hydroxylation sites is 1. The van der Waals surface area contributed by atoms with E-state index in [-0.39, 0.29) is 17.9 Å². The number of benzene rings is 2. The van der Waals surface area contributed by atoms with Crippen LogP contribution in [-0.2, 0) is 6.42 Å². The van der Waals surface area contributed by atoms with Crippen molar-refractivity contribution >= 4 is 0 Å². The minimum Gasteiger partial charge on any atom is -0.457 e. The number of ether oxygens (including phenoxy) is 1. The third-order valence-corrected chi connectivity index (χ3v) is 3.00. The van der Waals surface area contributed by atoms with E-state index in [1.165, 1.54) is 19.1 Å². The molecule has 20 heavy (non-hydrogen) atoms. The van der Waals surface area contributed by atoms with Crippen LogP contribution in [0.2, 0.25) is 0 Å². The second-order valence-electron chi connectivity index (χ2n) is 4.51. The quantitative estimate of drug-likeness (QED) is 0.881. The zero-order chi connectivity index (χ0) is 14.5. The van der Waals surface area contributed by atoms with Gasteiger partial charge in [0.05, 0.1) is 11.7 Å². The molecule has 2 aromatic rings. The standard InChI is InChI=1S/C16H17FO3/c1-11(19)16-13(17)6-4-8-15(16)20-14-7-3-2-5-12(14)9-10-18/h2-8,11,18-19H,9-10H2,1H3/t11-/m1/s1. The minimum atomic E-state index is -0.962. The van der Waals surface area contributed by atoms with Gasteiger partial charge in [0.1, 0.15) is 17.3 Å². The van der Waals surface area contributed by atoms with Crippen LogP contribution in [0.1, 0.15) is 24.2 Å². The van der Waals surface area contributed by atoms with Crippen molar-refractivity contribution in [3.8, 4) is 11.5 Å². The Labute approximate surface area is 117 Å². The third kappa shape index (κ3) is 3.15. The van der Waals surface area contributed by atoms with Crippen molar-refractivity contribution in [2.75, 3.05) is 6.61 Å². The van der Waals surface area contributed by atoms with Crippen LogP contribution in [0.3, 0.4) is 0 Å². The van der Waals surface area contributed by atoms with Crippen LogP contribution in [0, 0.1) is 5.82 Å². The van der Waals surface area contributed by atoms with Gasteiger partial charge in [-0.1, -0.05) is 24.3 Å². The molecule has 0 heterocycles. The molecule has 1 atom stereocenters. The first-order chi connectivity index (χ1) is 9.63. The maximum absolute atomic E-state index is 13.8. The molecular formula is C16H17FO3. The molecule has 3 nitrogen and oxygen atoms in total. The molecule has 0 aliphatic rings. The van der Waals surface area contributed by atoms with Crippen molar-refractivity contribution < 1.29 is 19.3 Å². The van der Waals surface area contributed by atoms with Crippen molar-refractivity contribution in [2.24, 2.45) is 0 Å². The summed E-state index contributed by atoms with van der Waals surface area (Å²) in [5, 5.41) is 18.7. The fraction of sp³-hybridized carbons (Fsp3) is 0.250. The van der Waals surface area contributed by atoms with Gasteiger partial charge in [-0.2, -0.15) is 0 Å². The van der Waals surface area contributed by atoms with Crippen LogP contribution in [0.25, 0.3) is 0 Å². The van der Waals surface area contributed by atoms with Gasteiger partial charge in [0.15, 0.2) is 0 Å². The van der Waals surface area contributed by atoms with Crippen molar-refractivity contribution in [1.82, 2.24) is 0 Å². The summed E-state index contributed by atoms with van der Waals surface area (Å²) in [6.45, 7) is 1.50. The van der Waals surface area contributed by atoms with E-state index in [0.29, 0.717) is 12.2 Å². The molecule has 0 saturated heterocycles. The van der Waals surface area contributed by atoms with Gasteiger partial charge in [-0.3, -0.25) is 0 Å². The molecule has 0 spiro atoms. The van der Waals surface area contributed by atoms with Crippen molar-refractivity contribution in [3.05, 3.63) is 59.4 Å². The zero-order valence-corrected chi connectivity index (χ0v) is 11.2. The first-order valence-corrected chi connectivity index (χ1v) is 6.46. The zero-order valence-electron chi connectivity index (χ0n) is 11.2. The lowest BCUT2D eigenvalue weighted by molar-refractivity contribution is 0.190. The molecule has 4 heteroatoms. The highest BCUT2D eigenvalue weighted by Crippen LogP contribution is 2.33. The highest BCUT2D eigenvalue weighted by atomic mass is 19.1. The lowest BCUT2D eigenvalue weighted by atomic mass is 10.1. The van der Waals surface area contributed by atoms with Crippen LogP contribution in [-0.4, -0.2) is 16.8 Å². The molecule has 106 valence electrons. The Bertz CT molecular complexity index is 582. The average molecular weight is 276 g/mol. The highest BCUT2D eigenvalue weighted by Gasteiger charge is 2.16. The van der Waals surface area contributed by atoms with Crippen LogP contribution in [0.5, 0.6) is 11.5 Å². The van der Waals surface area contributed by atoms with Crippen molar-refractivity contribution in [2.45, 2.75) is 19.4 Å². The smallest absolute Gasteiger partial charge is 0.136 e. The first-order valence-electron chi connectivity index (χ1n) is 6.46. The van der Waals surface area contributed by atoms with Gasteiger partial charge in [0, 0.05) is 6.61 Å². The van der Waals surface area contributed by atoms with E-state index in [0.717, 1.165) is 5.56 Å². The Hall–Kier alpha value is -1.91. The van der Waals surface area contributed by atoms with E-state index in [2.05, 4.69) is 0 Å². The maximum Gasteiger partial charge on any atom is 0.136 e. The molecule has 0 amide bonds.